The van der Waals surface area contributed by atoms with E-state index in [1.807, 2.05) is 32.0 Å². The van der Waals surface area contributed by atoms with Crippen molar-refractivity contribution >= 4 is 11.7 Å². The van der Waals surface area contributed by atoms with Crippen molar-refractivity contribution in [2.24, 2.45) is 0 Å². The molecule has 0 aliphatic rings. The van der Waals surface area contributed by atoms with Crippen LogP contribution in [0.4, 0.5) is 10.5 Å². The number of para-hydroxylation sites is 1. The number of urea groups is 1. The molecule has 0 fully saturated rings. The third kappa shape index (κ3) is 4.92. The van der Waals surface area contributed by atoms with Crippen molar-refractivity contribution in [3.05, 3.63) is 53.6 Å². The Morgan fingerprint density at radius 1 is 1.04 bits per heavy atom. The Labute approximate surface area is 136 Å². The van der Waals surface area contributed by atoms with E-state index in [9.17, 15) is 4.79 Å². The Bertz CT molecular complexity index is 634. The lowest BCUT2D eigenvalue weighted by atomic mass is 10.1. The van der Waals surface area contributed by atoms with E-state index in [1.165, 1.54) is 0 Å². The zero-order valence-electron chi connectivity index (χ0n) is 13.7. The van der Waals surface area contributed by atoms with Crippen molar-refractivity contribution in [2.75, 3.05) is 25.6 Å². The van der Waals surface area contributed by atoms with Crippen LogP contribution < -0.4 is 20.1 Å². The molecule has 0 spiro atoms. The molecule has 5 heteroatoms. The SMILES string of the molecule is COc1ccc(NC(=O)NCCOc2c(C)cccc2C)cc1. The Morgan fingerprint density at radius 3 is 2.30 bits per heavy atom. The molecule has 0 radical (unpaired) electrons. The largest absolute Gasteiger partial charge is 0.497 e. The zero-order chi connectivity index (χ0) is 16.7. The number of nitrogens with one attached hydrogen (secondary N) is 2. The summed E-state index contributed by atoms with van der Waals surface area (Å²) in [5, 5.41) is 5.52. The average Bonchev–Trinajstić information content (AvgIpc) is 2.54. The van der Waals surface area contributed by atoms with Crippen molar-refractivity contribution in [2.45, 2.75) is 13.8 Å². The Kier molecular flexibility index (Phi) is 5.86. The van der Waals surface area contributed by atoms with Crippen LogP contribution in [0.3, 0.4) is 0 Å². The number of benzene rings is 2. The van der Waals surface area contributed by atoms with E-state index in [2.05, 4.69) is 10.6 Å². The van der Waals surface area contributed by atoms with Crippen molar-refractivity contribution < 1.29 is 14.3 Å². The molecule has 0 aromatic heterocycles. The van der Waals surface area contributed by atoms with Gasteiger partial charge in [-0.05, 0) is 49.2 Å². The first-order chi connectivity index (χ1) is 11.1. The average molecular weight is 314 g/mol. The van der Waals surface area contributed by atoms with Crippen LogP contribution >= 0.6 is 0 Å². The third-order valence-corrected chi connectivity index (χ3v) is 3.39. The van der Waals surface area contributed by atoms with Gasteiger partial charge >= 0.3 is 6.03 Å². The van der Waals surface area contributed by atoms with Crippen LogP contribution in [0.2, 0.25) is 0 Å². The van der Waals surface area contributed by atoms with Crippen LogP contribution in [-0.4, -0.2) is 26.3 Å². The van der Waals surface area contributed by atoms with Crippen LogP contribution in [0.25, 0.3) is 0 Å². The maximum atomic E-state index is 11.8. The fraction of sp³-hybridized carbons (Fsp3) is 0.278. The molecule has 0 saturated carbocycles. The number of anilines is 1. The predicted octanol–water partition coefficient (Wildman–Crippen LogP) is 3.51. The summed E-state index contributed by atoms with van der Waals surface area (Å²) in [5.41, 5.74) is 2.89. The third-order valence-electron chi connectivity index (χ3n) is 3.39. The number of amides is 2. The molecule has 0 atom stereocenters. The minimum Gasteiger partial charge on any atom is -0.497 e. The van der Waals surface area contributed by atoms with Crippen LogP contribution in [0.1, 0.15) is 11.1 Å². The Balaban J connectivity index is 1.74. The van der Waals surface area contributed by atoms with Crippen molar-refractivity contribution in [3.63, 3.8) is 0 Å². The summed E-state index contributed by atoms with van der Waals surface area (Å²) < 4.78 is 10.8. The first kappa shape index (κ1) is 16.7. The number of carbonyl (C=O) groups excluding carboxylic acids is 1. The summed E-state index contributed by atoms with van der Waals surface area (Å²) >= 11 is 0. The van der Waals surface area contributed by atoms with E-state index in [0.29, 0.717) is 18.8 Å². The van der Waals surface area contributed by atoms with Crippen LogP contribution in [0, 0.1) is 13.8 Å². The maximum Gasteiger partial charge on any atom is 0.319 e. The first-order valence-corrected chi connectivity index (χ1v) is 7.48. The number of ether oxygens (including phenoxy) is 2. The van der Waals surface area contributed by atoms with Gasteiger partial charge < -0.3 is 20.1 Å². The summed E-state index contributed by atoms with van der Waals surface area (Å²) in [4.78, 5) is 11.8. The number of rotatable bonds is 6. The van der Waals surface area contributed by atoms with Crippen LogP contribution in [-0.2, 0) is 0 Å². The molecule has 2 aromatic carbocycles. The minimum absolute atomic E-state index is 0.264. The monoisotopic (exact) mass is 314 g/mol. The topological polar surface area (TPSA) is 59.6 Å². The number of methoxy groups -OCH3 is 1. The predicted molar refractivity (Wildman–Crippen MR) is 91.4 cm³/mol. The quantitative estimate of drug-likeness (QED) is 0.802. The standard InChI is InChI=1S/C18H22N2O3/c1-13-5-4-6-14(2)17(13)23-12-11-19-18(21)20-15-7-9-16(22-3)10-8-15/h4-10H,11-12H2,1-3H3,(H2,19,20,21). The molecule has 0 bridgehead atoms. The van der Waals surface area contributed by atoms with Crippen molar-refractivity contribution in [3.8, 4) is 11.5 Å². The summed E-state index contributed by atoms with van der Waals surface area (Å²) in [7, 11) is 1.60. The highest BCUT2D eigenvalue weighted by atomic mass is 16.5. The van der Waals surface area contributed by atoms with E-state index >= 15 is 0 Å². The summed E-state index contributed by atoms with van der Waals surface area (Å²) in [6.45, 7) is 4.86. The molecule has 23 heavy (non-hydrogen) atoms. The number of hydrogen-bond acceptors (Lipinski definition) is 3. The molecule has 2 N–H and O–H groups in total. The van der Waals surface area contributed by atoms with Gasteiger partial charge in [0.1, 0.15) is 18.1 Å². The highest BCUT2D eigenvalue weighted by molar-refractivity contribution is 5.89. The zero-order valence-corrected chi connectivity index (χ0v) is 13.7. The molecule has 0 aliphatic carbocycles. The highest BCUT2D eigenvalue weighted by Gasteiger charge is 2.04. The van der Waals surface area contributed by atoms with E-state index < -0.39 is 0 Å². The van der Waals surface area contributed by atoms with E-state index in [4.69, 9.17) is 9.47 Å². The summed E-state index contributed by atoms with van der Waals surface area (Å²) in [6.07, 6.45) is 0. The summed E-state index contributed by atoms with van der Waals surface area (Å²) in [6, 6.07) is 12.9. The molecule has 0 heterocycles. The Hall–Kier alpha value is -2.69. The van der Waals surface area contributed by atoms with Gasteiger partial charge in [-0.1, -0.05) is 18.2 Å². The molecule has 5 nitrogen and oxygen atoms in total. The molecule has 0 unspecified atom stereocenters. The lowest BCUT2D eigenvalue weighted by molar-refractivity contribution is 0.247. The molecule has 0 aliphatic heterocycles. The molecular formula is C18H22N2O3. The van der Waals surface area contributed by atoms with E-state index in [0.717, 1.165) is 22.6 Å². The second-order valence-corrected chi connectivity index (χ2v) is 5.18. The van der Waals surface area contributed by atoms with Gasteiger partial charge in [-0.2, -0.15) is 0 Å². The van der Waals surface area contributed by atoms with Gasteiger partial charge in [0.25, 0.3) is 0 Å². The fourth-order valence-corrected chi connectivity index (χ4v) is 2.19. The molecule has 2 aromatic rings. The molecule has 0 saturated heterocycles. The number of aryl methyl sites for hydroxylation is 2. The van der Waals surface area contributed by atoms with Crippen LogP contribution in [0.15, 0.2) is 42.5 Å². The summed E-state index contributed by atoms with van der Waals surface area (Å²) in [5.74, 6) is 1.63. The van der Waals surface area contributed by atoms with Crippen LogP contribution in [0.5, 0.6) is 11.5 Å². The van der Waals surface area contributed by atoms with Gasteiger partial charge in [-0.25, -0.2) is 4.79 Å². The van der Waals surface area contributed by atoms with Crippen molar-refractivity contribution in [1.82, 2.24) is 5.32 Å². The molecule has 122 valence electrons. The lowest BCUT2D eigenvalue weighted by Gasteiger charge is -2.12. The van der Waals surface area contributed by atoms with Gasteiger partial charge in [-0.15, -0.1) is 0 Å². The van der Waals surface area contributed by atoms with Gasteiger partial charge in [0.05, 0.1) is 13.7 Å². The first-order valence-electron chi connectivity index (χ1n) is 7.48. The normalized spacial score (nSPS) is 10.0. The second kappa shape index (κ2) is 8.08. The molecular weight excluding hydrogens is 292 g/mol. The lowest BCUT2D eigenvalue weighted by Crippen LogP contribution is -2.32. The number of hydrogen-bond donors (Lipinski definition) is 2. The highest BCUT2D eigenvalue weighted by Crippen LogP contribution is 2.21. The van der Waals surface area contributed by atoms with E-state index in [-0.39, 0.29) is 6.03 Å². The molecule has 2 amide bonds. The van der Waals surface area contributed by atoms with Gasteiger partial charge in [-0.3, -0.25) is 0 Å². The van der Waals surface area contributed by atoms with E-state index in [1.54, 1.807) is 31.4 Å². The van der Waals surface area contributed by atoms with Gasteiger partial charge in [0, 0.05) is 5.69 Å². The van der Waals surface area contributed by atoms with Crippen molar-refractivity contribution in [1.29, 1.82) is 0 Å². The minimum atomic E-state index is -0.264. The maximum absolute atomic E-state index is 11.8. The number of carbonyl (C=O) groups is 1. The van der Waals surface area contributed by atoms with Gasteiger partial charge in [0.15, 0.2) is 0 Å². The second-order valence-electron chi connectivity index (χ2n) is 5.18. The fourth-order valence-electron chi connectivity index (χ4n) is 2.19. The van der Waals surface area contributed by atoms with Gasteiger partial charge in [0.2, 0.25) is 0 Å². The Morgan fingerprint density at radius 2 is 1.70 bits per heavy atom. The molecule has 2 rings (SSSR count). The smallest absolute Gasteiger partial charge is 0.319 e.